The van der Waals surface area contributed by atoms with Gasteiger partial charge in [-0.3, -0.25) is 4.79 Å². The average Bonchev–Trinajstić information content (AvgIpc) is 3.08. The van der Waals surface area contributed by atoms with Crippen molar-refractivity contribution in [2.75, 3.05) is 17.2 Å². The van der Waals surface area contributed by atoms with Crippen LogP contribution < -0.4 is 15.4 Å². The third kappa shape index (κ3) is 9.45. The first kappa shape index (κ1) is 38.6. The maximum Gasteiger partial charge on any atom is 0.418 e. The second-order valence-electron chi connectivity index (χ2n) is 12.7. The molecule has 0 aliphatic heterocycles. The molecule has 53 heavy (non-hydrogen) atoms. The normalized spacial score (nSPS) is 12.2. The molecule has 0 spiro atoms. The van der Waals surface area contributed by atoms with Gasteiger partial charge in [-0.05, 0) is 87.2 Å². The quantitative estimate of drug-likeness (QED) is 0.0656. The van der Waals surface area contributed by atoms with Crippen molar-refractivity contribution in [3.63, 3.8) is 0 Å². The van der Waals surface area contributed by atoms with Crippen LogP contribution in [0, 0.1) is 19.8 Å². The molecule has 1 amide bonds. The molecular formula is C39H36F4N4O5S. The molecule has 14 heteroatoms. The van der Waals surface area contributed by atoms with Gasteiger partial charge in [0.1, 0.15) is 10.5 Å². The molecule has 0 aliphatic rings. The lowest BCUT2D eigenvalue weighted by atomic mass is 10.0. The van der Waals surface area contributed by atoms with E-state index < -0.39 is 56.0 Å². The first-order valence-corrected chi connectivity index (χ1v) is 17.8. The van der Waals surface area contributed by atoms with Gasteiger partial charge in [0.25, 0.3) is 5.91 Å². The van der Waals surface area contributed by atoms with Crippen molar-refractivity contribution < 1.29 is 40.6 Å². The number of alkyl halides is 3. The molecule has 0 saturated heterocycles. The van der Waals surface area contributed by atoms with E-state index in [1.807, 2.05) is 30.3 Å². The van der Waals surface area contributed by atoms with E-state index in [1.54, 1.807) is 44.2 Å². The molecule has 0 saturated carbocycles. The SMILES string of the molecule is Cc1nc(F)ccc1Oc1ncc(C(F)(F)F)c(C)c1C(=O)Nc1cccc(S(=O)(=O)c2c(C=Cc3ccccc3)cccc2NCCC(C)(C)O)c1. The van der Waals surface area contributed by atoms with Gasteiger partial charge >= 0.3 is 6.18 Å². The van der Waals surface area contributed by atoms with Crippen LogP contribution in [0.5, 0.6) is 11.6 Å². The van der Waals surface area contributed by atoms with Crippen LogP contribution in [-0.4, -0.2) is 41.5 Å². The highest BCUT2D eigenvalue weighted by atomic mass is 32.2. The maximum absolute atomic E-state index is 14.5. The van der Waals surface area contributed by atoms with Crippen LogP contribution in [0.4, 0.5) is 28.9 Å². The van der Waals surface area contributed by atoms with Gasteiger partial charge in [-0.25, -0.2) is 18.4 Å². The third-order valence-corrected chi connectivity index (χ3v) is 9.94. The number of nitrogens with one attached hydrogen (secondary N) is 2. The number of halogens is 4. The zero-order valence-corrected chi connectivity index (χ0v) is 29.9. The minimum atomic E-state index is -4.87. The highest BCUT2D eigenvalue weighted by Gasteiger charge is 2.36. The summed E-state index contributed by atoms with van der Waals surface area (Å²) in [5.74, 6) is -2.44. The number of ether oxygens (including phenoxy) is 1. The fraction of sp³-hybridized carbons (Fsp3) is 0.205. The summed E-state index contributed by atoms with van der Waals surface area (Å²) in [7, 11) is -4.34. The fourth-order valence-electron chi connectivity index (χ4n) is 5.37. The summed E-state index contributed by atoms with van der Waals surface area (Å²) in [4.78, 5) is 20.9. The first-order chi connectivity index (χ1) is 24.9. The Labute approximate surface area is 304 Å². The van der Waals surface area contributed by atoms with Crippen molar-refractivity contribution in [3.05, 3.63) is 131 Å². The molecule has 9 nitrogen and oxygen atoms in total. The lowest BCUT2D eigenvalue weighted by molar-refractivity contribution is -0.138. The Morgan fingerprint density at radius 3 is 2.34 bits per heavy atom. The summed E-state index contributed by atoms with van der Waals surface area (Å²) in [6.07, 6.45) is -0.603. The molecule has 0 fully saturated rings. The van der Waals surface area contributed by atoms with Gasteiger partial charge in [0, 0.05) is 18.4 Å². The molecule has 0 radical (unpaired) electrons. The highest BCUT2D eigenvalue weighted by molar-refractivity contribution is 7.91. The number of aromatic nitrogens is 2. The number of amides is 1. The molecule has 0 bridgehead atoms. The Morgan fingerprint density at radius 1 is 0.943 bits per heavy atom. The van der Waals surface area contributed by atoms with Crippen LogP contribution in [0.2, 0.25) is 0 Å². The first-order valence-electron chi connectivity index (χ1n) is 16.3. The number of aliphatic hydroxyl groups is 1. The van der Waals surface area contributed by atoms with Gasteiger partial charge in [0.2, 0.25) is 21.7 Å². The van der Waals surface area contributed by atoms with E-state index >= 15 is 0 Å². The van der Waals surface area contributed by atoms with Crippen LogP contribution in [0.1, 0.15) is 58.6 Å². The molecule has 0 aliphatic carbocycles. The lowest BCUT2D eigenvalue weighted by Gasteiger charge is -2.20. The second kappa shape index (κ2) is 15.6. The molecule has 0 atom stereocenters. The van der Waals surface area contributed by atoms with Crippen LogP contribution in [0.15, 0.2) is 101 Å². The van der Waals surface area contributed by atoms with Crippen LogP contribution in [0.3, 0.4) is 0 Å². The summed E-state index contributed by atoms with van der Waals surface area (Å²) < 4.78 is 90.0. The maximum atomic E-state index is 14.5. The number of aryl methyl sites for hydroxylation is 1. The number of hydrogen-bond acceptors (Lipinski definition) is 8. The van der Waals surface area contributed by atoms with E-state index in [2.05, 4.69) is 20.6 Å². The zero-order valence-electron chi connectivity index (χ0n) is 29.1. The van der Waals surface area contributed by atoms with Crippen molar-refractivity contribution in [1.29, 1.82) is 0 Å². The predicted molar refractivity (Wildman–Crippen MR) is 194 cm³/mol. The molecule has 3 aromatic carbocycles. The number of anilines is 2. The number of benzene rings is 3. The Bertz CT molecular complexity index is 2270. The van der Waals surface area contributed by atoms with Crippen LogP contribution in [-0.2, 0) is 16.0 Å². The van der Waals surface area contributed by atoms with Gasteiger partial charge < -0.3 is 20.5 Å². The number of pyridine rings is 2. The summed E-state index contributed by atoms with van der Waals surface area (Å²) in [6, 6.07) is 21.7. The Kier molecular flexibility index (Phi) is 11.3. The number of carbonyl (C=O) groups is 1. The number of nitrogens with zero attached hydrogens (tertiary/aromatic N) is 2. The molecule has 2 heterocycles. The van der Waals surface area contributed by atoms with E-state index in [-0.39, 0.29) is 39.2 Å². The van der Waals surface area contributed by atoms with Gasteiger partial charge in [-0.1, -0.05) is 60.7 Å². The standard InChI is InChI=1S/C39H36F4N4O5S/c1-24-30(39(41,42)43)23-45-37(52-32-18-19-33(40)46-25(32)2)34(24)36(48)47-28-13-9-14-29(22-28)53(50,51)35-27(17-16-26-10-6-5-7-11-26)12-8-15-31(35)44-21-20-38(3,4)49/h5-19,22-23,44,49H,20-21H2,1-4H3,(H,47,48). The largest absolute Gasteiger partial charge is 0.436 e. The van der Waals surface area contributed by atoms with Crippen LogP contribution in [0.25, 0.3) is 12.2 Å². The molecule has 5 rings (SSSR count). The minimum Gasteiger partial charge on any atom is -0.436 e. The molecule has 5 aromatic rings. The number of rotatable bonds is 12. The van der Waals surface area contributed by atoms with E-state index in [9.17, 15) is 35.9 Å². The van der Waals surface area contributed by atoms with Gasteiger partial charge in [0.15, 0.2) is 5.75 Å². The number of sulfone groups is 1. The Hall–Kier alpha value is -5.60. The molecular weight excluding hydrogens is 713 g/mol. The van der Waals surface area contributed by atoms with E-state index in [0.29, 0.717) is 18.2 Å². The molecule has 2 aromatic heterocycles. The van der Waals surface area contributed by atoms with Crippen molar-refractivity contribution in [2.45, 2.75) is 55.7 Å². The summed E-state index contributed by atoms with van der Waals surface area (Å²) in [5.41, 5.74) is -1.82. The number of hydrogen-bond donors (Lipinski definition) is 3. The van der Waals surface area contributed by atoms with E-state index in [0.717, 1.165) is 18.6 Å². The molecule has 3 N–H and O–H groups in total. The van der Waals surface area contributed by atoms with Crippen LogP contribution >= 0.6 is 0 Å². The van der Waals surface area contributed by atoms with Gasteiger partial charge in [0.05, 0.1) is 27.4 Å². The lowest BCUT2D eigenvalue weighted by Crippen LogP contribution is -2.23. The highest BCUT2D eigenvalue weighted by Crippen LogP contribution is 2.38. The molecule has 276 valence electrons. The Balaban J connectivity index is 1.54. The van der Waals surface area contributed by atoms with Gasteiger partial charge in [-0.2, -0.15) is 17.6 Å². The van der Waals surface area contributed by atoms with Crippen molar-refractivity contribution in [1.82, 2.24) is 9.97 Å². The summed E-state index contributed by atoms with van der Waals surface area (Å²) in [6.45, 7) is 6.01. The summed E-state index contributed by atoms with van der Waals surface area (Å²) in [5, 5.41) is 15.9. The topological polar surface area (TPSA) is 131 Å². The third-order valence-electron chi connectivity index (χ3n) is 8.07. The van der Waals surface area contributed by atoms with Crippen molar-refractivity contribution in [3.8, 4) is 11.6 Å². The Morgan fingerprint density at radius 2 is 1.66 bits per heavy atom. The monoisotopic (exact) mass is 748 g/mol. The van der Waals surface area contributed by atoms with Crippen molar-refractivity contribution >= 4 is 39.3 Å². The summed E-state index contributed by atoms with van der Waals surface area (Å²) >= 11 is 0. The van der Waals surface area contributed by atoms with Crippen molar-refractivity contribution in [2.24, 2.45) is 0 Å². The van der Waals surface area contributed by atoms with E-state index in [1.165, 1.54) is 37.3 Å². The zero-order chi connectivity index (χ0) is 38.6. The second-order valence-corrected chi connectivity index (χ2v) is 14.6. The molecule has 0 unspecified atom stereocenters. The van der Waals surface area contributed by atoms with Gasteiger partial charge in [-0.15, -0.1) is 0 Å². The minimum absolute atomic E-state index is 0.0488. The smallest absolute Gasteiger partial charge is 0.418 e. The predicted octanol–water partition coefficient (Wildman–Crippen LogP) is 8.87. The fourth-order valence-corrected chi connectivity index (χ4v) is 7.02. The van der Waals surface area contributed by atoms with E-state index in [4.69, 9.17) is 4.74 Å². The number of carbonyl (C=O) groups excluding carboxylic acids is 1. The average molecular weight is 749 g/mol.